The fourth-order valence-electron chi connectivity index (χ4n) is 3.94. The van der Waals surface area contributed by atoms with E-state index in [-0.39, 0.29) is 30.6 Å². The van der Waals surface area contributed by atoms with Crippen molar-refractivity contribution in [2.75, 3.05) is 25.1 Å². The topological polar surface area (TPSA) is 95.9 Å². The first-order valence-electron chi connectivity index (χ1n) is 11.4. The summed E-state index contributed by atoms with van der Waals surface area (Å²) in [5.74, 6) is -0.509. The highest BCUT2D eigenvalue weighted by molar-refractivity contribution is 6.01. The predicted molar refractivity (Wildman–Crippen MR) is 120 cm³/mol. The number of benzene rings is 1. The third kappa shape index (κ3) is 8.23. The zero-order valence-corrected chi connectivity index (χ0v) is 18.8. The van der Waals surface area contributed by atoms with Crippen LogP contribution < -0.4 is 15.0 Å². The van der Waals surface area contributed by atoms with Gasteiger partial charge in [-0.15, -0.1) is 0 Å². The standard InChI is InChI=1S/C24H36N2O5/c1-18-12-13-21(31-2)20(15-18)26-17-19(16-22(26)27)24(30)25-14-10-8-6-4-3-5-7-9-11-23(28)29/h12-13,15,19H,3-11,14,16-17H2,1-2H3,(H,25,30)(H,28,29). The molecule has 1 fully saturated rings. The number of ether oxygens (including phenoxy) is 1. The fourth-order valence-corrected chi connectivity index (χ4v) is 3.94. The van der Waals surface area contributed by atoms with Gasteiger partial charge in [-0.25, -0.2) is 0 Å². The maximum atomic E-state index is 12.5. The highest BCUT2D eigenvalue weighted by Crippen LogP contribution is 2.33. The number of aliphatic carboxylic acids is 1. The van der Waals surface area contributed by atoms with E-state index in [2.05, 4.69) is 5.32 Å². The van der Waals surface area contributed by atoms with Crippen LogP contribution in [0.5, 0.6) is 5.75 Å². The largest absolute Gasteiger partial charge is 0.495 e. The van der Waals surface area contributed by atoms with Crippen LogP contribution in [0, 0.1) is 12.8 Å². The number of carboxylic acids is 1. The second-order valence-electron chi connectivity index (χ2n) is 8.34. The maximum absolute atomic E-state index is 12.5. The van der Waals surface area contributed by atoms with Crippen LogP contribution in [0.25, 0.3) is 0 Å². The van der Waals surface area contributed by atoms with Crippen molar-refractivity contribution < 1.29 is 24.2 Å². The summed E-state index contributed by atoms with van der Waals surface area (Å²) in [7, 11) is 1.58. The van der Waals surface area contributed by atoms with Crippen LogP contribution in [0.15, 0.2) is 18.2 Å². The minimum absolute atomic E-state index is 0.0487. The van der Waals surface area contributed by atoms with E-state index in [9.17, 15) is 14.4 Å². The number of nitrogens with zero attached hydrogens (tertiary/aromatic N) is 1. The summed E-state index contributed by atoms with van der Waals surface area (Å²) in [5, 5.41) is 11.6. The first kappa shape index (κ1) is 24.7. The van der Waals surface area contributed by atoms with Crippen molar-refractivity contribution in [1.29, 1.82) is 0 Å². The van der Waals surface area contributed by atoms with Crippen molar-refractivity contribution in [1.82, 2.24) is 5.32 Å². The van der Waals surface area contributed by atoms with Crippen LogP contribution in [0.1, 0.15) is 69.8 Å². The molecule has 0 aromatic heterocycles. The number of hydrogen-bond donors (Lipinski definition) is 2. The van der Waals surface area contributed by atoms with Crippen LogP contribution in [0.4, 0.5) is 5.69 Å². The van der Waals surface area contributed by atoms with Crippen molar-refractivity contribution in [2.24, 2.45) is 5.92 Å². The molecule has 0 bridgehead atoms. The molecule has 2 amide bonds. The zero-order chi connectivity index (χ0) is 22.6. The Balaban J connectivity index is 1.62. The summed E-state index contributed by atoms with van der Waals surface area (Å²) in [5.41, 5.74) is 1.77. The number of unbranched alkanes of at least 4 members (excludes halogenated alkanes) is 7. The smallest absolute Gasteiger partial charge is 0.303 e. The normalized spacial score (nSPS) is 15.9. The Morgan fingerprint density at radius 1 is 1.10 bits per heavy atom. The number of carbonyl (C=O) groups is 3. The fraction of sp³-hybridized carbons (Fsp3) is 0.625. The second kappa shape index (κ2) is 13.0. The molecule has 7 nitrogen and oxygen atoms in total. The molecule has 1 heterocycles. The molecular formula is C24H36N2O5. The number of hydrogen-bond acceptors (Lipinski definition) is 4. The van der Waals surface area contributed by atoms with Gasteiger partial charge >= 0.3 is 5.97 Å². The van der Waals surface area contributed by atoms with Crippen molar-refractivity contribution in [3.63, 3.8) is 0 Å². The third-order valence-electron chi connectivity index (χ3n) is 5.74. The first-order chi connectivity index (χ1) is 14.9. The molecule has 31 heavy (non-hydrogen) atoms. The van der Waals surface area contributed by atoms with Crippen LogP contribution >= 0.6 is 0 Å². The molecule has 0 saturated carbocycles. The summed E-state index contributed by atoms with van der Waals surface area (Å²) in [6.07, 6.45) is 8.71. The van der Waals surface area contributed by atoms with Gasteiger partial charge < -0.3 is 20.1 Å². The summed E-state index contributed by atoms with van der Waals surface area (Å²) in [4.78, 5) is 37.1. The van der Waals surface area contributed by atoms with Crippen LogP contribution in [0.2, 0.25) is 0 Å². The summed E-state index contributed by atoms with van der Waals surface area (Å²) >= 11 is 0. The monoisotopic (exact) mass is 432 g/mol. The van der Waals surface area contributed by atoms with Crippen molar-refractivity contribution in [2.45, 2.75) is 71.1 Å². The van der Waals surface area contributed by atoms with Gasteiger partial charge in [0.2, 0.25) is 11.8 Å². The molecule has 2 rings (SSSR count). The average molecular weight is 433 g/mol. The maximum Gasteiger partial charge on any atom is 0.303 e. The van der Waals surface area contributed by atoms with Crippen LogP contribution in [0.3, 0.4) is 0 Å². The van der Waals surface area contributed by atoms with E-state index in [0.717, 1.165) is 62.6 Å². The third-order valence-corrected chi connectivity index (χ3v) is 5.74. The summed E-state index contributed by atoms with van der Waals surface area (Å²) < 4.78 is 5.39. The molecule has 172 valence electrons. The van der Waals surface area contributed by atoms with Gasteiger partial charge in [-0.3, -0.25) is 14.4 Å². The number of methoxy groups -OCH3 is 1. The highest BCUT2D eigenvalue weighted by atomic mass is 16.5. The molecule has 7 heteroatoms. The minimum atomic E-state index is -0.716. The second-order valence-corrected chi connectivity index (χ2v) is 8.34. The molecule has 0 spiro atoms. The molecule has 1 unspecified atom stereocenters. The number of aryl methyl sites for hydroxylation is 1. The van der Waals surface area contributed by atoms with Gasteiger partial charge in [0.05, 0.1) is 18.7 Å². The Morgan fingerprint density at radius 2 is 1.74 bits per heavy atom. The van der Waals surface area contributed by atoms with Crippen molar-refractivity contribution >= 4 is 23.5 Å². The SMILES string of the molecule is COc1ccc(C)cc1N1CC(C(=O)NCCCCCCCCCCC(=O)O)CC1=O. The molecule has 0 aliphatic carbocycles. The van der Waals surface area contributed by atoms with Gasteiger partial charge in [-0.05, 0) is 37.5 Å². The summed E-state index contributed by atoms with van der Waals surface area (Å²) in [6.45, 7) is 2.98. The number of nitrogens with one attached hydrogen (secondary N) is 1. The average Bonchev–Trinajstić information content (AvgIpc) is 3.13. The van der Waals surface area contributed by atoms with E-state index in [4.69, 9.17) is 9.84 Å². The lowest BCUT2D eigenvalue weighted by Gasteiger charge is -2.20. The number of rotatable bonds is 14. The lowest BCUT2D eigenvalue weighted by atomic mass is 10.1. The molecule has 1 aromatic rings. The number of anilines is 1. The number of amides is 2. The van der Waals surface area contributed by atoms with E-state index < -0.39 is 5.97 Å². The molecule has 2 N–H and O–H groups in total. The Kier molecular flexibility index (Phi) is 10.3. The highest BCUT2D eigenvalue weighted by Gasteiger charge is 2.36. The molecule has 0 radical (unpaired) electrons. The first-order valence-corrected chi connectivity index (χ1v) is 11.4. The van der Waals surface area contributed by atoms with Crippen LogP contribution in [-0.4, -0.2) is 43.1 Å². The Bertz CT molecular complexity index is 749. The lowest BCUT2D eigenvalue weighted by Crippen LogP contribution is -2.33. The molecule has 1 aliphatic heterocycles. The lowest BCUT2D eigenvalue weighted by molar-refractivity contribution is -0.137. The van der Waals surface area contributed by atoms with E-state index in [1.54, 1.807) is 12.0 Å². The van der Waals surface area contributed by atoms with Gasteiger partial charge in [0, 0.05) is 25.9 Å². The van der Waals surface area contributed by atoms with Gasteiger partial charge in [0.1, 0.15) is 5.75 Å². The Morgan fingerprint density at radius 3 is 2.39 bits per heavy atom. The van der Waals surface area contributed by atoms with Gasteiger partial charge in [0.15, 0.2) is 0 Å². The zero-order valence-electron chi connectivity index (χ0n) is 18.8. The number of carboxylic acid groups (broad SMARTS) is 1. The molecule has 1 atom stereocenters. The quantitative estimate of drug-likeness (QED) is 0.432. The van der Waals surface area contributed by atoms with E-state index in [0.29, 0.717) is 18.8 Å². The Labute approximate surface area is 185 Å². The molecular weight excluding hydrogens is 396 g/mol. The Hall–Kier alpha value is -2.57. The molecule has 1 saturated heterocycles. The summed E-state index contributed by atoms with van der Waals surface area (Å²) in [6, 6.07) is 5.71. The van der Waals surface area contributed by atoms with Gasteiger partial charge in [-0.2, -0.15) is 0 Å². The van der Waals surface area contributed by atoms with Gasteiger partial charge in [-0.1, -0.05) is 44.6 Å². The van der Waals surface area contributed by atoms with Gasteiger partial charge in [0.25, 0.3) is 0 Å². The number of carbonyl (C=O) groups excluding carboxylic acids is 2. The predicted octanol–water partition coefficient (Wildman–Crippen LogP) is 4.07. The molecule has 1 aliphatic rings. The minimum Gasteiger partial charge on any atom is -0.495 e. The van der Waals surface area contributed by atoms with E-state index in [1.807, 2.05) is 25.1 Å². The van der Waals surface area contributed by atoms with E-state index in [1.165, 1.54) is 0 Å². The van der Waals surface area contributed by atoms with E-state index >= 15 is 0 Å². The molecule has 1 aromatic carbocycles. The van der Waals surface area contributed by atoms with Crippen LogP contribution in [-0.2, 0) is 14.4 Å². The van der Waals surface area contributed by atoms with Crippen molar-refractivity contribution in [3.05, 3.63) is 23.8 Å². The van der Waals surface area contributed by atoms with Crippen molar-refractivity contribution in [3.8, 4) is 5.75 Å².